The molecule has 0 saturated heterocycles. The second-order valence-electron chi connectivity index (χ2n) is 8.01. The smallest absolute Gasteiger partial charge is 0.225 e. The van der Waals surface area contributed by atoms with Crippen molar-refractivity contribution in [3.63, 3.8) is 0 Å². The molecule has 38 heavy (non-hydrogen) atoms. The third kappa shape index (κ3) is 6.05. The Morgan fingerprint density at radius 3 is 2.24 bits per heavy atom. The zero-order chi connectivity index (χ0) is 26.9. The van der Waals surface area contributed by atoms with Crippen LogP contribution in [0.4, 0.5) is 5.69 Å². The first-order valence-electron chi connectivity index (χ1n) is 11.7. The summed E-state index contributed by atoms with van der Waals surface area (Å²) in [4.78, 5) is 21.2. The Morgan fingerprint density at radius 2 is 1.63 bits per heavy atom. The van der Waals surface area contributed by atoms with E-state index in [4.69, 9.17) is 19.2 Å². The van der Waals surface area contributed by atoms with Crippen LogP contribution in [0.15, 0.2) is 78.1 Å². The summed E-state index contributed by atoms with van der Waals surface area (Å²) < 4.78 is 16.6. The quantitative estimate of drug-likeness (QED) is 0.257. The van der Waals surface area contributed by atoms with Crippen molar-refractivity contribution in [2.75, 3.05) is 32.4 Å². The van der Waals surface area contributed by atoms with Gasteiger partial charge in [0, 0.05) is 41.4 Å². The minimum absolute atomic E-state index is 0.133. The van der Waals surface area contributed by atoms with E-state index in [0.717, 1.165) is 5.56 Å². The number of carbonyl (C=O) groups excluding carboxylic acids is 1. The predicted octanol–water partition coefficient (Wildman–Crippen LogP) is 5.83. The van der Waals surface area contributed by atoms with E-state index in [1.165, 1.54) is 11.8 Å². The highest BCUT2D eigenvalue weighted by Crippen LogP contribution is 2.43. The van der Waals surface area contributed by atoms with E-state index in [9.17, 15) is 10.1 Å². The summed E-state index contributed by atoms with van der Waals surface area (Å²) in [5.74, 6) is 1.72. The van der Waals surface area contributed by atoms with E-state index in [2.05, 4.69) is 16.4 Å². The normalized spacial score (nSPS) is 10.4. The molecule has 1 N–H and O–H groups in total. The van der Waals surface area contributed by atoms with Crippen LogP contribution in [0, 0.1) is 11.3 Å². The third-order valence-corrected chi connectivity index (χ3v) is 6.65. The molecule has 0 bridgehead atoms. The Kier molecular flexibility index (Phi) is 8.80. The van der Waals surface area contributed by atoms with Crippen LogP contribution >= 0.6 is 11.8 Å². The van der Waals surface area contributed by atoms with Gasteiger partial charge in [0.2, 0.25) is 11.7 Å². The molecule has 0 spiro atoms. The Labute approximate surface area is 225 Å². The van der Waals surface area contributed by atoms with Crippen molar-refractivity contribution in [2.24, 2.45) is 0 Å². The number of methoxy groups -OCH3 is 3. The fourth-order valence-electron chi connectivity index (χ4n) is 3.85. The van der Waals surface area contributed by atoms with Gasteiger partial charge < -0.3 is 19.5 Å². The molecule has 4 rings (SSSR count). The van der Waals surface area contributed by atoms with E-state index in [1.54, 1.807) is 45.9 Å². The molecule has 0 aliphatic heterocycles. The number of thioether (sulfide) groups is 1. The van der Waals surface area contributed by atoms with E-state index in [-0.39, 0.29) is 12.3 Å². The topological polar surface area (TPSA) is 106 Å². The first kappa shape index (κ1) is 26.5. The molecular formula is C29H26N4O4S. The van der Waals surface area contributed by atoms with Crippen LogP contribution in [0.1, 0.15) is 12.0 Å². The lowest BCUT2D eigenvalue weighted by atomic mass is 9.98. The molecule has 0 unspecified atom stereocenters. The van der Waals surface area contributed by atoms with Crippen molar-refractivity contribution >= 4 is 23.4 Å². The highest BCUT2D eigenvalue weighted by atomic mass is 32.2. The van der Waals surface area contributed by atoms with E-state index in [0.29, 0.717) is 56.1 Å². The maximum absolute atomic E-state index is 12.5. The number of anilines is 1. The summed E-state index contributed by atoms with van der Waals surface area (Å²) in [6.07, 6.45) is 3.48. The molecule has 1 amide bonds. The van der Waals surface area contributed by atoms with Gasteiger partial charge in [-0.2, -0.15) is 5.26 Å². The molecule has 192 valence electrons. The SMILES string of the molecule is COc1cc(-c2cc(-c3ccccc3)nc(SCCC(=O)Nc3ccncc3)c2C#N)cc(OC)c1OC. The second kappa shape index (κ2) is 12.6. The molecule has 2 aromatic carbocycles. The molecule has 0 aliphatic rings. The standard InChI is InChI=1S/C29H26N4O4S/c1-35-25-15-20(16-26(36-2)28(25)37-3)22-17-24(19-7-5-4-6-8-19)33-29(23(22)18-30)38-14-11-27(34)32-21-9-12-31-13-10-21/h4-10,12-13,15-17H,11,14H2,1-3H3,(H,31,32,34). The molecule has 0 radical (unpaired) electrons. The zero-order valence-corrected chi connectivity index (χ0v) is 22.0. The van der Waals surface area contributed by atoms with Gasteiger partial charge in [-0.25, -0.2) is 4.98 Å². The molecule has 2 heterocycles. The van der Waals surface area contributed by atoms with Crippen LogP contribution in [0.5, 0.6) is 17.2 Å². The first-order valence-corrected chi connectivity index (χ1v) is 12.7. The van der Waals surface area contributed by atoms with Crippen LogP contribution in [-0.2, 0) is 4.79 Å². The summed E-state index contributed by atoms with van der Waals surface area (Å²) in [5, 5.41) is 13.6. The van der Waals surface area contributed by atoms with Gasteiger partial charge in [0.25, 0.3) is 0 Å². The number of nitrogens with zero attached hydrogens (tertiary/aromatic N) is 3. The number of benzene rings is 2. The molecule has 0 fully saturated rings. The minimum Gasteiger partial charge on any atom is -0.493 e. The van der Waals surface area contributed by atoms with Crippen LogP contribution in [0.25, 0.3) is 22.4 Å². The number of nitriles is 1. The van der Waals surface area contributed by atoms with Gasteiger partial charge in [0.05, 0.1) is 32.6 Å². The number of nitrogens with one attached hydrogen (secondary N) is 1. The van der Waals surface area contributed by atoms with Gasteiger partial charge in [-0.15, -0.1) is 11.8 Å². The number of hydrogen-bond acceptors (Lipinski definition) is 8. The van der Waals surface area contributed by atoms with E-state index >= 15 is 0 Å². The van der Waals surface area contributed by atoms with Gasteiger partial charge in [-0.05, 0) is 35.9 Å². The monoisotopic (exact) mass is 526 g/mol. The second-order valence-corrected chi connectivity index (χ2v) is 9.09. The average molecular weight is 527 g/mol. The van der Waals surface area contributed by atoms with Crippen LogP contribution in [0.2, 0.25) is 0 Å². The maximum Gasteiger partial charge on any atom is 0.225 e. The molecule has 0 saturated carbocycles. The first-order chi connectivity index (χ1) is 18.6. The lowest BCUT2D eigenvalue weighted by molar-refractivity contribution is -0.115. The van der Waals surface area contributed by atoms with Gasteiger partial charge in [0.15, 0.2) is 11.5 Å². The summed E-state index contributed by atoms with van der Waals surface area (Å²) in [5.41, 5.74) is 4.08. The molecule has 0 aliphatic carbocycles. The predicted molar refractivity (Wildman–Crippen MR) is 148 cm³/mol. The summed E-state index contributed by atoms with van der Waals surface area (Å²) in [6.45, 7) is 0. The molecule has 9 heteroatoms. The Bertz CT molecular complexity index is 1430. The van der Waals surface area contributed by atoms with Gasteiger partial charge in [-0.1, -0.05) is 30.3 Å². The fourth-order valence-corrected chi connectivity index (χ4v) is 4.80. The van der Waals surface area contributed by atoms with Crippen molar-refractivity contribution in [2.45, 2.75) is 11.4 Å². The van der Waals surface area contributed by atoms with Crippen molar-refractivity contribution < 1.29 is 19.0 Å². The van der Waals surface area contributed by atoms with Crippen LogP contribution in [0.3, 0.4) is 0 Å². The zero-order valence-electron chi connectivity index (χ0n) is 21.2. The number of rotatable bonds is 10. The highest BCUT2D eigenvalue weighted by molar-refractivity contribution is 7.99. The molecular weight excluding hydrogens is 500 g/mol. The number of amides is 1. The summed E-state index contributed by atoms with van der Waals surface area (Å²) in [6, 6.07) is 21.0. The van der Waals surface area contributed by atoms with E-state index < -0.39 is 0 Å². The Hall–Kier alpha value is -4.55. The van der Waals surface area contributed by atoms with Crippen molar-refractivity contribution in [1.29, 1.82) is 5.26 Å². The fraction of sp³-hybridized carbons (Fsp3) is 0.172. The Morgan fingerprint density at radius 1 is 0.947 bits per heavy atom. The molecule has 2 aromatic heterocycles. The lowest BCUT2D eigenvalue weighted by Crippen LogP contribution is -2.12. The number of aromatic nitrogens is 2. The van der Waals surface area contributed by atoms with Crippen LogP contribution < -0.4 is 19.5 Å². The van der Waals surface area contributed by atoms with Gasteiger partial charge >= 0.3 is 0 Å². The largest absolute Gasteiger partial charge is 0.493 e. The molecule has 0 atom stereocenters. The highest BCUT2D eigenvalue weighted by Gasteiger charge is 2.20. The number of ether oxygens (including phenoxy) is 3. The van der Waals surface area contributed by atoms with Gasteiger partial charge in [0.1, 0.15) is 11.1 Å². The number of carbonyl (C=O) groups is 1. The average Bonchev–Trinajstić information content (AvgIpc) is 2.96. The molecule has 8 nitrogen and oxygen atoms in total. The van der Waals surface area contributed by atoms with Crippen LogP contribution in [-0.4, -0.2) is 43.0 Å². The minimum atomic E-state index is -0.133. The summed E-state index contributed by atoms with van der Waals surface area (Å²) in [7, 11) is 4.64. The number of pyridine rings is 2. The van der Waals surface area contributed by atoms with Crippen molar-refractivity contribution in [1.82, 2.24) is 9.97 Å². The molecule has 4 aromatic rings. The number of hydrogen-bond donors (Lipinski definition) is 1. The van der Waals surface area contributed by atoms with Crippen molar-refractivity contribution in [3.8, 4) is 45.7 Å². The summed E-state index contributed by atoms with van der Waals surface area (Å²) >= 11 is 1.36. The third-order valence-electron chi connectivity index (χ3n) is 5.68. The van der Waals surface area contributed by atoms with Gasteiger partial charge in [-0.3, -0.25) is 9.78 Å². The van der Waals surface area contributed by atoms with Crippen molar-refractivity contribution in [3.05, 3.63) is 78.6 Å². The lowest BCUT2D eigenvalue weighted by Gasteiger charge is -2.16. The Balaban J connectivity index is 1.72. The van der Waals surface area contributed by atoms with E-state index in [1.807, 2.05) is 48.5 Å². The maximum atomic E-state index is 12.5.